The van der Waals surface area contributed by atoms with Crippen LogP contribution in [0.1, 0.15) is 23.1 Å². The Morgan fingerprint density at radius 1 is 1.20 bits per heavy atom. The van der Waals surface area contributed by atoms with Crippen molar-refractivity contribution in [3.63, 3.8) is 0 Å². The monoisotopic (exact) mass is 356 g/mol. The highest BCUT2D eigenvalue weighted by atomic mass is 32.1. The first kappa shape index (κ1) is 16.0. The van der Waals surface area contributed by atoms with Gasteiger partial charge in [-0.15, -0.1) is 0 Å². The van der Waals surface area contributed by atoms with E-state index in [0.717, 1.165) is 42.0 Å². The number of hydrogen-bond acceptors (Lipinski definition) is 7. The molecule has 1 N–H and O–H groups in total. The van der Waals surface area contributed by atoms with Gasteiger partial charge in [0.15, 0.2) is 0 Å². The van der Waals surface area contributed by atoms with Gasteiger partial charge in [0, 0.05) is 32.2 Å². The standard InChI is InChI=1S/C17H20N6OS/c1-21(2)16-18-17(25-20-16)22-8-9-23-13(11-22)10-14(19-23)15(24)12-6-4-3-5-7-12/h3-7,10,15,24H,8-9,11H2,1-2H3/t15-/m1/s1. The van der Waals surface area contributed by atoms with Gasteiger partial charge in [-0.05, 0) is 11.6 Å². The molecule has 2 aromatic heterocycles. The van der Waals surface area contributed by atoms with Crippen LogP contribution in [0.3, 0.4) is 0 Å². The second-order valence-corrected chi connectivity index (χ2v) is 7.02. The number of benzene rings is 1. The fourth-order valence-corrected chi connectivity index (χ4v) is 3.67. The number of aliphatic hydroxyl groups is 1. The predicted octanol–water partition coefficient (Wildman–Crippen LogP) is 1.90. The fraction of sp³-hybridized carbons (Fsp3) is 0.353. The Labute approximate surface area is 150 Å². The lowest BCUT2D eigenvalue weighted by Gasteiger charge is -2.26. The molecule has 0 fully saturated rings. The van der Waals surface area contributed by atoms with Gasteiger partial charge >= 0.3 is 0 Å². The zero-order valence-electron chi connectivity index (χ0n) is 14.2. The van der Waals surface area contributed by atoms with E-state index in [1.165, 1.54) is 11.5 Å². The third-order valence-corrected chi connectivity index (χ3v) is 5.05. The summed E-state index contributed by atoms with van der Waals surface area (Å²) in [5.74, 6) is 0.735. The first-order valence-electron chi connectivity index (χ1n) is 8.17. The predicted molar refractivity (Wildman–Crippen MR) is 98.0 cm³/mol. The molecule has 0 saturated heterocycles. The second-order valence-electron chi connectivity index (χ2n) is 6.29. The molecule has 130 valence electrons. The van der Waals surface area contributed by atoms with Crippen molar-refractivity contribution in [2.45, 2.75) is 19.2 Å². The average Bonchev–Trinajstić information content (AvgIpc) is 3.28. The summed E-state index contributed by atoms with van der Waals surface area (Å²) in [4.78, 5) is 8.69. The largest absolute Gasteiger partial charge is 0.382 e. The first-order valence-corrected chi connectivity index (χ1v) is 8.95. The van der Waals surface area contributed by atoms with Gasteiger partial charge in [-0.25, -0.2) is 0 Å². The molecule has 0 radical (unpaired) electrons. The zero-order valence-corrected chi connectivity index (χ0v) is 15.0. The third kappa shape index (κ3) is 3.10. The Bertz CT molecular complexity index is 859. The van der Waals surface area contributed by atoms with Gasteiger partial charge in [-0.3, -0.25) is 4.68 Å². The zero-order chi connectivity index (χ0) is 17.4. The summed E-state index contributed by atoms with van der Waals surface area (Å²) < 4.78 is 6.35. The van der Waals surface area contributed by atoms with E-state index in [-0.39, 0.29) is 0 Å². The molecular weight excluding hydrogens is 336 g/mol. The summed E-state index contributed by atoms with van der Waals surface area (Å²) in [7, 11) is 3.88. The number of nitrogens with zero attached hydrogens (tertiary/aromatic N) is 6. The van der Waals surface area contributed by atoms with Gasteiger partial charge in [-0.1, -0.05) is 30.3 Å². The lowest BCUT2D eigenvalue weighted by atomic mass is 10.1. The number of fused-ring (bicyclic) bond motifs is 1. The molecule has 8 heteroatoms. The van der Waals surface area contributed by atoms with Crippen molar-refractivity contribution in [3.8, 4) is 0 Å². The Hall–Kier alpha value is -2.45. The van der Waals surface area contributed by atoms with Crippen LogP contribution in [-0.4, -0.2) is 44.9 Å². The minimum atomic E-state index is -0.699. The number of hydrogen-bond donors (Lipinski definition) is 1. The molecule has 25 heavy (non-hydrogen) atoms. The maximum atomic E-state index is 10.6. The van der Waals surface area contributed by atoms with Gasteiger partial charge in [0.05, 0.1) is 24.5 Å². The van der Waals surface area contributed by atoms with Crippen molar-refractivity contribution in [3.05, 3.63) is 53.3 Å². The highest BCUT2D eigenvalue weighted by Gasteiger charge is 2.24. The van der Waals surface area contributed by atoms with E-state index in [1.54, 1.807) is 0 Å². The summed E-state index contributed by atoms with van der Waals surface area (Å²) >= 11 is 1.41. The summed E-state index contributed by atoms with van der Waals surface area (Å²) in [5.41, 5.74) is 2.63. The molecule has 1 aliphatic rings. The lowest BCUT2D eigenvalue weighted by Crippen LogP contribution is -2.33. The molecule has 1 aromatic carbocycles. The van der Waals surface area contributed by atoms with E-state index in [2.05, 4.69) is 19.4 Å². The van der Waals surface area contributed by atoms with Crippen molar-refractivity contribution in [1.29, 1.82) is 0 Å². The Kier molecular flexibility index (Phi) is 4.14. The van der Waals surface area contributed by atoms with Crippen LogP contribution in [0, 0.1) is 0 Å². The van der Waals surface area contributed by atoms with E-state index in [1.807, 2.05) is 60.1 Å². The van der Waals surface area contributed by atoms with Crippen molar-refractivity contribution in [2.75, 3.05) is 30.4 Å². The van der Waals surface area contributed by atoms with E-state index in [4.69, 9.17) is 0 Å². The van der Waals surface area contributed by atoms with Crippen LogP contribution in [0.4, 0.5) is 11.1 Å². The van der Waals surface area contributed by atoms with Crippen LogP contribution in [0.2, 0.25) is 0 Å². The highest BCUT2D eigenvalue weighted by Crippen LogP contribution is 2.27. The van der Waals surface area contributed by atoms with E-state index in [9.17, 15) is 5.11 Å². The smallest absolute Gasteiger partial charge is 0.238 e. The molecule has 0 aliphatic carbocycles. The number of anilines is 2. The lowest BCUT2D eigenvalue weighted by molar-refractivity contribution is 0.214. The summed E-state index contributed by atoms with van der Waals surface area (Å²) in [5, 5.41) is 16.1. The molecule has 7 nitrogen and oxygen atoms in total. The Balaban J connectivity index is 1.54. The topological polar surface area (TPSA) is 70.3 Å². The van der Waals surface area contributed by atoms with Gasteiger partial charge in [0.2, 0.25) is 11.1 Å². The van der Waals surface area contributed by atoms with Crippen LogP contribution in [0.5, 0.6) is 0 Å². The van der Waals surface area contributed by atoms with Crippen LogP contribution >= 0.6 is 11.5 Å². The number of aromatic nitrogens is 4. The van der Waals surface area contributed by atoms with Gasteiger partial charge in [0.25, 0.3) is 0 Å². The normalized spacial score (nSPS) is 15.1. The summed E-state index contributed by atoms with van der Waals surface area (Å²) in [6, 6.07) is 11.6. The van der Waals surface area contributed by atoms with Crippen molar-refractivity contribution in [2.24, 2.45) is 0 Å². The molecular formula is C17H20N6OS. The molecule has 1 aliphatic heterocycles. The van der Waals surface area contributed by atoms with Gasteiger partial charge in [0.1, 0.15) is 6.10 Å². The van der Waals surface area contributed by atoms with Crippen LogP contribution in [-0.2, 0) is 13.1 Å². The van der Waals surface area contributed by atoms with E-state index < -0.39 is 6.10 Å². The molecule has 0 amide bonds. The second kappa shape index (κ2) is 6.45. The molecule has 4 rings (SSSR count). The Morgan fingerprint density at radius 3 is 2.72 bits per heavy atom. The first-order chi connectivity index (χ1) is 12.1. The summed E-state index contributed by atoms with van der Waals surface area (Å²) in [6.45, 7) is 2.32. The SMILES string of the molecule is CN(C)c1nsc(N2CCn3nc([C@H](O)c4ccccc4)cc3C2)n1. The minimum absolute atomic E-state index is 0.689. The molecule has 1 atom stereocenters. The van der Waals surface area contributed by atoms with E-state index >= 15 is 0 Å². The molecule has 0 saturated carbocycles. The number of aliphatic hydroxyl groups excluding tert-OH is 1. The highest BCUT2D eigenvalue weighted by molar-refractivity contribution is 7.09. The van der Waals surface area contributed by atoms with Gasteiger partial charge < -0.3 is 14.9 Å². The third-order valence-electron chi connectivity index (χ3n) is 4.29. The quantitative estimate of drug-likeness (QED) is 0.770. The molecule has 0 spiro atoms. The molecule has 3 heterocycles. The summed E-state index contributed by atoms with van der Waals surface area (Å²) in [6.07, 6.45) is -0.699. The fourth-order valence-electron chi connectivity index (χ4n) is 2.91. The maximum Gasteiger partial charge on any atom is 0.238 e. The van der Waals surface area contributed by atoms with Gasteiger partial charge in [-0.2, -0.15) is 14.5 Å². The van der Waals surface area contributed by atoms with Crippen LogP contribution < -0.4 is 9.80 Å². The minimum Gasteiger partial charge on any atom is -0.382 e. The van der Waals surface area contributed by atoms with Crippen molar-refractivity contribution >= 4 is 22.6 Å². The Morgan fingerprint density at radius 2 is 2.00 bits per heavy atom. The van der Waals surface area contributed by atoms with Crippen LogP contribution in [0.15, 0.2) is 36.4 Å². The molecule has 3 aromatic rings. The van der Waals surface area contributed by atoms with Crippen molar-refractivity contribution in [1.82, 2.24) is 19.1 Å². The average molecular weight is 356 g/mol. The van der Waals surface area contributed by atoms with Crippen LogP contribution in [0.25, 0.3) is 0 Å². The van der Waals surface area contributed by atoms with Crippen molar-refractivity contribution < 1.29 is 5.11 Å². The molecule has 0 unspecified atom stereocenters. The van der Waals surface area contributed by atoms with E-state index in [0.29, 0.717) is 5.69 Å². The maximum absolute atomic E-state index is 10.6. The molecule has 0 bridgehead atoms. The number of rotatable bonds is 4.